The van der Waals surface area contributed by atoms with E-state index in [1.165, 1.54) is 6.26 Å². The van der Waals surface area contributed by atoms with Gasteiger partial charge in [0.2, 0.25) is 0 Å². The second-order valence-electron chi connectivity index (χ2n) is 4.95. The summed E-state index contributed by atoms with van der Waals surface area (Å²) in [7, 11) is 0. The van der Waals surface area contributed by atoms with Crippen LogP contribution in [0.3, 0.4) is 0 Å². The van der Waals surface area contributed by atoms with Crippen molar-refractivity contribution in [1.82, 2.24) is 10.3 Å². The lowest BCUT2D eigenvalue weighted by Crippen LogP contribution is -2.25. The molecule has 2 aromatic rings. The maximum atomic E-state index is 12.4. The van der Waals surface area contributed by atoms with Gasteiger partial charge in [-0.1, -0.05) is 0 Å². The van der Waals surface area contributed by atoms with E-state index in [4.69, 9.17) is 4.42 Å². The number of nitrogens with zero attached hydrogens (tertiary/aromatic N) is 1. The molecule has 0 saturated heterocycles. The van der Waals surface area contributed by atoms with Crippen LogP contribution >= 0.6 is 0 Å². The zero-order chi connectivity index (χ0) is 14.8. The highest BCUT2D eigenvalue weighted by molar-refractivity contribution is 6.12. The average molecular weight is 285 g/mol. The van der Waals surface area contributed by atoms with Crippen LogP contribution in [-0.4, -0.2) is 23.3 Å². The largest absolute Gasteiger partial charge is 0.468 e. The number of amides is 2. The molecule has 0 aromatic carbocycles. The molecule has 6 nitrogen and oxygen atoms in total. The van der Waals surface area contributed by atoms with Gasteiger partial charge in [-0.25, -0.2) is 0 Å². The lowest BCUT2D eigenvalue weighted by Gasteiger charge is -2.07. The molecule has 21 heavy (non-hydrogen) atoms. The number of pyridine rings is 1. The van der Waals surface area contributed by atoms with E-state index in [0.29, 0.717) is 30.0 Å². The quantitative estimate of drug-likeness (QED) is 0.882. The van der Waals surface area contributed by atoms with Gasteiger partial charge in [0.05, 0.1) is 11.1 Å². The van der Waals surface area contributed by atoms with Crippen LogP contribution in [0.15, 0.2) is 29.1 Å². The summed E-state index contributed by atoms with van der Waals surface area (Å²) >= 11 is 0. The highest BCUT2D eigenvalue weighted by atomic mass is 16.3. The van der Waals surface area contributed by atoms with Gasteiger partial charge in [-0.15, -0.1) is 0 Å². The van der Waals surface area contributed by atoms with Crippen LogP contribution in [0.5, 0.6) is 0 Å². The number of carbonyl (C=O) groups is 2. The Bertz CT molecular complexity index is 706. The van der Waals surface area contributed by atoms with Gasteiger partial charge in [-0.3, -0.25) is 14.6 Å². The van der Waals surface area contributed by atoms with E-state index in [1.54, 1.807) is 18.5 Å². The van der Waals surface area contributed by atoms with Crippen molar-refractivity contribution >= 4 is 17.5 Å². The summed E-state index contributed by atoms with van der Waals surface area (Å²) < 4.78 is 5.39. The van der Waals surface area contributed by atoms with E-state index < -0.39 is 0 Å². The molecule has 0 aliphatic carbocycles. The summed E-state index contributed by atoms with van der Waals surface area (Å²) in [4.78, 5) is 28.4. The minimum absolute atomic E-state index is 0.257. The number of hydrogen-bond donors (Lipinski definition) is 2. The minimum Gasteiger partial charge on any atom is -0.468 e. The number of aryl methyl sites for hydroxylation is 2. The third kappa shape index (κ3) is 2.52. The minimum atomic E-state index is -0.355. The number of hydrogen-bond acceptors (Lipinski definition) is 4. The van der Waals surface area contributed by atoms with Crippen molar-refractivity contribution in [3.63, 3.8) is 0 Å². The van der Waals surface area contributed by atoms with Gasteiger partial charge in [0.15, 0.2) is 0 Å². The number of aromatic nitrogens is 1. The molecule has 0 fully saturated rings. The van der Waals surface area contributed by atoms with Crippen molar-refractivity contribution in [2.24, 2.45) is 0 Å². The van der Waals surface area contributed by atoms with Crippen molar-refractivity contribution < 1.29 is 14.0 Å². The van der Waals surface area contributed by atoms with Crippen LogP contribution in [0.2, 0.25) is 0 Å². The first-order valence-corrected chi connectivity index (χ1v) is 6.77. The number of fused-ring (bicyclic) bond motifs is 1. The lowest BCUT2D eigenvalue weighted by atomic mass is 10.1. The van der Waals surface area contributed by atoms with E-state index in [0.717, 1.165) is 12.0 Å². The summed E-state index contributed by atoms with van der Waals surface area (Å²) in [6.07, 6.45) is 6.07. The number of carbonyl (C=O) groups excluding carboxylic acids is 2. The van der Waals surface area contributed by atoms with Crippen molar-refractivity contribution in [3.8, 4) is 0 Å². The molecule has 0 bridgehead atoms. The maximum absolute atomic E-state index is 12.4. The molecule has 2 aromatic heterocycles. The summed E-state index contributed by atoms with van der Waals surface area (Å²) in [5, 5.41) is 5.55. The molecule has 2 N–H and O–H groups in total. The smallest absolute Gasteiger partial charge is 0.259 e. The molecule has 0 spiro atoms. The fraction of sp³-hybridized carbons (Fsp3) is 0.267. The number of nitrogens with one attached hydrogen (secondary N) is 2. The number of anilines is 1. The maximum Gasteiger partial charge on any atom is 0.259 e. The van der Waals surface area contributed by atoms with E-state index >= 15 is 0 Å². The second kappa shape index (κ2) is 5.40. The number of rotatable bonds is 2. The van der Waals surface area contributed by atoms with E-state index in [2.05, 4.69) is 15.6 Å². The molecular weight excluding hydrogens is 270 g/mol. The normalized spacial score (nSPS) is 14.0. The van der Waals surface area contributed by atoms with E-state index in [9.17, 15) is 9.59 Å². The Kier molecular flexibility index (Phi) is 3.43. The predicted octanol–water partition coefficient (Wildman–Crippen LogP) is 1.91. The molecule has 2 amide bonds. The molecule has 108 valence electrons. The summed E-state index contributed by atoms with van der Waals surface area (Å²) in [5.74, 6) is -0.0409. The molecule has 0 saturated carbocycles. The summed E-state index contributed by atoms with van der Waals surface area (Å²) in [5.41, 5.74) is 2.13. The Morgan fingerprint density at radius 1 is 1.48 bits per heavy atom. The average Bonchev–Trinajstić information content (AvgIpc) is 2.81. The summed E-state index contributed by atoms with van der Waals surface area (Å²) in [6, 6.07) is 1.71. The predicted molar refractivity (Wildman–Crippen MR) is 76.3 cm³/mol. The van der Waals surface area contributed by atoms with Gasteiger partial charge in [0.1, 0.15) is 12.0 Å². The Balaban J connectivity index is 1.91. The van der Waals surface area contributed by atoms with Gasteiger partial charge in [0.25, 0.3) is 11.8 Å². The van der Waals surface area contributed by atoms with Crippen LogP contribution in [0.1, 0.15) is 38.5 Å². The first-order chi connectivity index (χ1) is 10.2. The molecule has 3 rings (SSSR count). The highest BCUT2D eigenvalue weighted by Gasteiger charge is 2.26. The monoisotopic (exact) mass is 285 g/mol. The van der Waals surface area contributed by atoms with Gasteiger partial charge in [-0.05, 0) is 25.0 Å². The molecule has 1 aliphatic heterocycles. The molecular formula is C15H15N3O3. The fourth-order valence-electron chi connectivity index (χ4n) is 2.34. The standard InChI is InChI=1S/C15H15N3O3/c1-9-7-16-6-4-11(9)18-14(19)10-8-21-12-3-2-5-17-15(20)13(10)12/h4,6-8H,2-3,5H2,1H3,(H,17,20)(H,16,18,19). The zero-order valence-electron chi connectivity index (χ0n) is 11.6. The van der Waals surface area contributed by atoms with Crippen LogP contribution in [0.4, 0.5) is 5.69 Å². The van der Waals surface area contributed by atoms with Gasteiger partial charge < -0.3 is 15.1 Å². The third-order valence-corrected chi connectivity index (χ3v) is 3.47. The molecule has 0 atom stereocenters. The molecule has 0 unspecified atom stereocenters. The Hall–Kier alpha value is -2.63. The Morgan fingerprint density at radius 3 is 3.14 bits per heavy atom. The number of furan rings is 1. The van der Waals surface area contributed by atoms with Crippen molar-refractivity contribution in [2.75, 3.05) is 11.9 Å². The molecule has 3 heterocycles. The fourth-order valence-corrected chi connectivity index (χ4v) is 2.34. The Morgan fingerprint density at radius 2 is 2.33 bits per heavy atom. The van der Waals surface area contributed by atoms with Crippen molar-refractivity contribution in [3.05, 3.63) is 47.2 Å². The van der Waals surface area contributed by atoms with Crippen LogP contribution in [0.25, 0.3) is 0 Å². The van der Waals surface area contributed by atoms with Crippen LogP contribution < -0.4 is 10.6 Å². The van der Waals surface area contributed by atoms with Gasteiger partial charge >= 0.3 is 0 Å². The highest BCUT2D eigenvalue weighted by Crippen LogP contribution is 2.22. The van der Waals surface area contributed by atoms with E-state index in [1.807, 2.05) is 6.92 Å². The second-order valence-corrected chi connectivity index (χ2v) is 4.95. The van der Waals surface area contributed by atoms with Crippen molar-refractivity contribution in [1.29, 1.82) is 0 Å². The molecule has 6 heteroatoms. The van der Waals surface area contributed by atoms with Gasteiger partial charge in [0, 0.05) is 31.0 Å². The first-order valence-electron chi connectivity index (χ1n) is 6.77. The van der Waals surface area contributed by atoms with E-state index in [-0.39, 0.29) is 17.4 Å². The summed E-state index contributed by atoms with van der Waals surface area (Å²) in [6.45, 7) is 2.44. The van der Waals surface area contributed by atoms with Crippen LogP contribution in [0, 0.1) is 6.92 Å². The first kappa shape index (κ1) is 13.4. The van der Waals surface area contributed by atoms with Crippen LogP contribution in [-0.2, 0) is 6.42 Å². The zero-order valence-corrected chi connectivity index (χ0v) is 11.6. The Labute approximate surface area is 121 Å². The topological polar surface area (TPSA) is 84.2 Å². The molecule has 1 aliphatic rings. The third-order valence-electron chi connectivity index (χ3n) is 3.47. The lowest BCUT2D eigenvalue weighted by molar-refractivity contribution is 0.0943. The van der Waals surface area contributed by atoms with Crippen molar-refractivity contribution in [2.45, 2.75) is 19.8 Å². The van der Waals surface area contributed by atoms with Gasteiger partial charge in [-0.2, -0.15) is 0 Å². The SMILES string of the molecule is Cc1cnccc1NC(=O)c1coc2c1C(=O)NCCC2. The molecule has 0 radical (unpaired) electrons.